The van der Waals surface area contributed by atoms with Crippen molar-refractivity contribution in [3.05, 3.63) is 46.3 Å². The van der Waals surface area contributed by atoms with Gasteiger partial charge in [-0.1, -0.05) is 0 Å². The Morgan fingerprint density at radius 3 is 2.80 bits per heavy atom. The van der Waals surface area contributed by atoms with E-state index in [1.54, 1.807) is 12.1 Å². The Balaban J connectivity index is 1.66. The molecule has 6 heteroatoms. The van der Waals surface area contributed by atoms with Crippen LogP contribution in [0, 0.1) is 5.82 Å². The van der Waals surface area contributed by atoms with Crippen LogP contribution in [0.3, 0.4) is 0 Å². The van der Waals surface area contributed by atoms with E-state index in [1.165, 1.54) is 25.0 Å². The molecule has 1 aromatic carbocycles. The van der Waals surface area contributed by atoms with E-state index in [0.717, 1.165) is 5.69 Å². The smallest absolute Gasteiger partial charge is 0.238 e. The molecule has 0 atom stereocenters. The molecule has 0 amide bonds. The lowest BCUT2D eigenvalue weighted by Crippen LogP contribution is -2.16. The predicted molar refractivity (Wildman–Crippen MR) is 76.1 cm³/mol. The molecule has 1 aliphatic rings. The molecule has 104 valence electrons. The summed E-state index contributed by atoms with van der Waals surface area (Å²) in [6.45, 7) is 0.710. The van der Waals surface area contributed by atoms with Gasteiger partial charge in [-0.25, -0.2) is 4.39 Å². The van der Waals surface area contributed by atoms with Gasteiger partial charge in [0.2, 0.25) is 5.88 Å². The molecule has 4 nitrogen and oxygen atoms in total. The molecular weight excluding hydrogens is 325 g/mol. The molecule has 1 aliphatic carbocycles. The zero-order valence-corrected chi connectivity index (χ0v) is 12.2. The lowest BCUT2D eigenvalue weighted by Gasteiger charge is -2.07. The normalized spacial score (nSPS) is 14.3. The van der Waals surface area contributed by atoms with Gasteiger partial charge in [0.25, 0.3) is 0 Å². The number of nitrogens with one attached hydrogen (secondary N) is 1. The van der Waals surface area contributed by atoms with Crippen molar-refractivity contribution in [1.29, 1.82) is 0 Å². The molecule has 1 aromatic heterocycles. The number of benzene rings is 1. The number of hydrogen-bond donors (Lipinski definition) is 1. The van der Waals surface area contributed by atoms with Gasteiger partial charge >= 0.3 is 0 Å². The SMILES string of the molecule is Fc1ccc(Br)c(Oc2ccc(CNC3CC3)nn2)c1. The first-order chi connectivity index (χ1) is 9.70. The van der Waals surface area contributed by atoms with E-state index in [9.17, 15) is 4.39 Å². The van der Waals surface area contributed by atoms with Crippen molar-refractivity contribution in [2.24, 2.45) is 0 Å². The minimum atomic E-state index is -0.360. The Labute approximate surface area is 124 Å². The maximum Gasteiger partial charge on any atom is 0.238 e. The molecule has 1 fully saturated rings. The lowest BCUT2D eigenvalue weighted by atomic mass is 10.3. The van der Waals surface area contributed by atoms with Crippen molar-refractivity contribution in [3.8, 4) is 11.6 Å². The summed E-state index contributed by atoms with van der Waals surface area (Å²) < 4.78 is 19.3. The van der Waals surface area contributed by atoms with E-state index >= 15 is 0 Å². The standard InChI is InChI=1S/C14H13BrFN3O/c15-12-5-1-9(16)7-13(12)20-14-6-4-11(18-19-14)8-17-10-2-3-10/h1,4-7,10,17H,2-3,8H2. The van der Waals surface area contributed by atoms with E-state index in [2.05, 4.69) is 31.4 Å². The largest absolute Gasteiger partial charge is 0.436 e. The van der Waals surface area contributed by atoms with E-state index in [0.29, 0.717) is 28.7 Å². The summed E-state index contributed by atoms with van der Waals surface area (Å²) in [4.78, 5) is 0. The first kappa shape index (κ1) is 13.5. The molecule has 3 rings (SSSR count). The van der Waals surface area contributed by atoms with Crippen molar-refractivity contribution in [2.45, 2.75) is 25.4 Å². The van der Waals surface area contributed by atoms with Crippen LogP contribution >= 0.6 is 15.9 Å². The van der Waals surface area contributed by atoms with Gasteiger partial charge in [0.1, 0.15) is 11.6 Å². The highest BCUT2D eigenvalue weighted by atomic mass is 79.9. The van der Waals surface area contributed by atoms with Crippen LogP contribution in [0.1, 0.15) is 18.5 Å². The second-order valence-electron chi connectivity index (χ2n) is 4.69. The maximum absolute atomic E-state index is 13.2. The Hall–Kier alpha value is -1.53. The minimum absolute atomic E-state index is 0.339. The summed E-state index contributed by atoms with van der Waals surface area (Å²) in [6.07, 6.45) is 2.48. The molecule has 1 heterocycles. The molecule has 2 aromatic rings. The summed E-state index contributed by atoms with van der Waals surface area (Å²) in [5.74, 6) is 0.357. The van der Waals surface area contributed by atoms with Gasteiger partial charge < -0.3 is 10.1 Å². The number of ether oxygens (including phenoxy) is 1. The molecule has 20 heavy (non-hydrogen) atoms. The van der Waals surface area contributed by atoms with E-state index < -0.39 is 0 Å². The van der Waals surface area contributed by atoms with Crippen molar-refractivity contribution in [1.82, 2.24) is 15.5 Å². The highest BCUT2D eigenvalue weighted by molar-refractivity contribution is 9.10. The Kier molecular flexibility index (Phi) is 3.93. The summed E-state index contributed by atoms with van der Waals surface area (Å²) in [5.41, 5.74) is 0.863. The monoisotopic (exact) mass is 337 g/mol. The van der Waals surface area contributed by atoms with Gasteiger partial charge in [0.05, 0.1) is 10.2 Å². The number of aromatic nitrogens is 2. The van der Waals surface area contributed by atoms with Crippen LogP contribution in [0.15, 0.2) is 34.8 Å². The third-order valence-corrected chi connectivity index (χ3v) is 3.61. The van der Waals surface area contributed by atoms with Crippen LogP contribution in [-0.2, 0) is 6.54 Å². The van der Waals surface area contributed by atoms with Gasteiger partial charge in [0.15, 0.2) is 0 Å². The van der Waals surface area contributed by atoms with E-state index in [4.69, 9.17) is 4.74 Å². The molecule has 0 aliphatic heterocycles. The quantitative estimate of drug-likeness (QED) is 0.908. The van der Waals surface area contributed by atoms with E-state index in [-0.39, 0.29) is 5.82 Å². The van der Waals surface area contributed by atoms with Gasteiger partial charge in [0, 0.05) is 24.7 Å². The Morgan fingerprint density at radius 2 is 2.10 bits per heavy atom. The summed E-state index contributed by atoms with van der Waals surface area (Å²) >= 11 is 3.30. The van der Waals surface area contributed by atoms with Crippen molar-refractivity contribution < 1.29 is 9.13 Å². The fraction of sp³-hybridized carbons (Fsp3) is 0.286. The maximum atomic E-state index is 13.2. The second kappa shape index (κ2) is 5.85. The molecule has 1 N–H and O–H groups in total. The zero-order chi connectivity index (χ0) is 13.9. The second-order valence-corrected chi connectivity index (χ2v) is 5.55. The fourth-order valence-electron chi connectivity index (χ4n) is 1.70. The van der Waals surface area contributed by atoms with Crippen LogP contribution in [0.5, 0.6) is 11.6 Å². The Bertz CT molecular complexity index is 602. The molecule has 0 radical (unpaired) electrons. The summed E-state index contributed by atoms with van der Waals surface area (Å²) in [6, 6.07) is 8.46. The van der Waals surface area contributed by atoms with Crippen molar-refractivity contribution in [2.75, 3.05) is 0 Å². The van der Waals surface area contributed by atoms with Crippen LogP contribution in [0.25, 0.3) is 0 Å². The van der Waals surface area contributed by atoms with Gasteiger partial charge in [-0.15, -0.1) is 5.10 Å². The third kappa shape index (κ3) is 3.52. The highest BCUT2D eigenvalue weighted by Gasteiger charge is 2.20. The number of nitrogens with zero attached hydrogens (tertiary/aromatic N) is 2. The molecule has 0 spiro atoms. The summed E-state index contributed by atoms with van der Waals surface area (Å²) in [5, 5.41) is 11.4. The average molecular weight is 338 g/mol. The number of hydrogen-bond acceptors (Lipinski definition) is 4. The average Bonchev–Trinajstić information content (AvgIpc) is 3.26. The van der Waals surface area contributed by atoms with Gasteiger partial charge in [-0.05, 0) is 47.0 Å². The number of rotatable bonds is 5. The van der Waals surface area contributed by atoms with Crippen LogP contribution < -0.4 is 10.1 Å². The van der Waals surface area contributed by atoms with Crippen molar-refractivity contribution in [3.63, 3.8) is 0 Å². The minimum Gasteiger partial charge on any atom is -0.436 e. The molecule has 0 bridgehead atoms. The lowest BCUT2D eigenvalue weighted by molar-refractivity contribution is 0.446. The molecule has 0 saturated heterocycles. The van der Waals surface area contributed by atoms with Crippen LogP contribution in [0.4, 0.5) is 4.39 Å². The number of halogens is 2. The molecular formula is C14H13BrFN3O. The highest BCUT2D eigenvalue weighted by Crippen LogP contribution is 2.29. The van der Waals surface area contributed by atoms with Crippen LogP contribution in [-0.4, -0.2) is 16.2 Å². The third-order valence-electron chi connectivity index (χ3n) is 2.95. The first-order valence-corrected chi connectivity index (χ1v) is 7.19. The van der Waals surface area contributed by atoms with Gasteiger partial charge in [-0.2, -0.15) is 5.10 Å². The first-order valence-electron chi connectivity index (χ1n) is 6.39. The molecule has 1 saturated carbocycles. The van der Waals surface area contributed by atoms with E-state index in [1.807, 2.05) is 6.07 Å². The zero-order valence-electron chi connectivity index (χ0n) is 10.6. The van der Waals surface area contributed by atoms with Crippen LogP contribution in [0.2, 0.25) is 0 Å². The summed E-state index contributed by atoms with van der Waals surface area (Å²) in [7, 11) is 0. The topological polar surface area (TPSA) is 47.0 Å². The molecule has 0 unspecified atom stereocenters. The van der Waals surface area contributed by atoms with Gasteiger partial charge in [-0.3, -0.25) is 0 Å². The fourth-order valence-corrected chi connectivity index (χ4v) is 2.03. The predicted octanol–water partition coefficient (Wildman–Crippen LogP) is 3.42. The Morgan fingerprint density at radius 1 is 1.25 bits per heavy atom. The van der Waals surface area contributed by atoms with Crippen molar-refractivity contribution >= 4 is 15.9 Å².